The van der Waals surface area contributed by atoms with Gasteiger partial charge >= 0.3 is 0 Å². The van der Waals surface area contributed by atoms with Crippen LogP contribution >= 0.6 is 0 Å². The van der Waals surface area contributed by atoms with Crippen molar-refractivity contribution in [3.63, 3.8) is 0 Å². The third kappa shape index (κ3) is 2.98. The van der Waals surface area contributed by atoms with E-state index in [0.29, 0.717) is 11.5 Å². The third-order valence-corrected chi connectivity index (χ3v) is 1.51. The van der Waals surface area contributed by atoms with Crippen LogP contribution in [0.15, 0.2) is 48.9 Å². The minimum absolute atomic E-state index is 0.712. The van der Waals surface area contributed by atoms with Crippen molar-refractivity contribution in [3.05, 3.63) is 48.9 Å². The molecular formula is C12H14O2. The maximum absolute atomic E-state index is 5.34. The molecule has 14 heavy (non-hydrogen) atoms. The van der Waals surface area contributed by atoms with Gasteiger partial charge in [0, 0.05) is 0 Å². The Labute approximate surface area is 84.5 Å². The SMILES string of the molecule is CC=COc1ccccc1OC=CC. The first-order valence-electron chi connectivity index (χ1n) is 4.53. The molecule has 2 heteroatoms. The Morgan fingerprint density at radius 1 is 0.857 bits per heavy atom. The van der Waals surface area contributed by atoms with Crippen LogP contribution in [0.2, 0.25) is 0 Å². The summed E-state index contributed by atoms with van der Waals surface area (Å²) in [4.78, 5) is 0. The molecule has 0 heterocycles. The first-order chi connectivity index (χ1) is 6.88. The Balaban J connectivity index is 2.79. The molecule has 2 nitrogen and oxygen atoms in total. The zero-order chi connectivity index (χ0) is 10.2. The molecule has 0 aliphatic heterocycles. The van der Waals surface area contributed by atoms with Crippen molar-refractivity contribution in [3.8, 4) is 11.5 Å². The summed E-state index contributed by atoms with van der Waals surface area (Å²) in [5, 5.41) is 0. The minimum Gasteiger partial charge on any atom is -0.461 e. The number of hydrogen-bond acceptors (Lipinski definition) is 2. The summed E-state index contributed by atoms with van der Waals surface area (Å²) in [6.45, 7) is 3.80. The van der Waals surface area contributed by atoms with E-state index in [-0.39, 0.29) is 0 Å². The summed E-state index contributed by atoms with van der Waals surface area (Å²) in [5.74, 6) is 1.42. The number of hydrogen-bond donors (Lipinski definition) is 0. The summed E-state index contributed by atoms with van der Waals surface area (Å²) in [6.07, 6.45) is 6.90. The highest BCUT2D eigenvalue weighted by Crippen LogP contribution is 2.26. The van der Waals surface area contributed by atoms with Crippen LogP contribution in [0.3, 0.4) is 0 Å². The van der Waals surface area contributed by atoms with Gasteiger partial charge in [-0.05, 0) is 26.0 Å². The van der Waals surface area contributed by atoms with Gasteiger partial charge in [-0.2, -0.15) is 0 Å². The van der Waals surface area contributed by atoms with E-state index in [0.717, 1.165) is 0 Å². The maximum Gasteiger partial charge on any atom is 0.168 e. The molecule has 1 aromatic rings. The van der Waals surface area contributed by atoms with Crippen molar-refractivity contribution in [2.45, 2.75) is 13.8 Å². The van der Waals surface area contributed by atoms with Gasteiger partial charge < -0.3 is 9.47 Å². The Kier molecular flexibility index (Phi) is 4.35. The highest BCUT2D eigenvalue weighted by atomic mass is 16.5. The van der Waals surface area contributed by atoms with Gasteiger partial charge in [0.2, 0.25) is 0 Å². The molecule has 0 unspecified atom stereocenters. The lowest BCUT2D eigenvalue weighted by molar-refractivity contribution is 0.416. The number of benzene rings is 1. The van der Waals surface area contributed by atoms with Crippen LogP contribution in [0, 0.1) is 0 Å². The lowest BCUT2D eigenvalue weighted by Gasteiger charge is -2.06. The molecule has 0 aromatic heterocycles. The van der Waals surface area contributed by atoms with Gasteiger partial charge in [-0.1, -0.05) is 24.3 Å². The minimum atomic E-state index is 0.712. The van der Waals surface area contributed by atoms with E-state index in [4.69, 9.17) is 9.47 Å². The number of ether oxygens (including phenoxy) is 2. The monoisotopic (exact) mass is 190 g/mol. The fourth-order valence-electron chi connectivity index (χ4n) is 0.928. The van der Waals surface area contributed by atoms with Crippen LogP contribution in [0.1, 0.15) is 13.8 Å². The summed E-state index contributed by atoms with van der Waals surface area (Å²) >= 11 is 0. The Morgan fingerprint density at radius 3 is 1.64 bits per heavy atom. The Bertz CT molecular complexity index is 294. The van der Waals surface area contributed by atoms with E-state index in [1.807, 2.05) is 50.3 Å². The summed E-state index contributed by atoms with van der Waals surface area (Å²) in [6, 6.07) is 7.53. The average Bonchev–Trinajstić information content (AvgIpc) is 2.24. The standard InChI is InChI=1S/C12H14O2/c1-3-9-13-11-7-5-6-8-12(11)14-10-4-2/h3-10H,1-2H3. The van der Waals surface area contributed by atoms with Gasteiger partial charge in [-0.15, -0.1) is 0 Å². The third-order valence-electron chi connectivity index (χ3n) is 1.51. The van der Waals surface area contributed by atoms with Gasteiger partial charge in [0.25, 0.3) is 0 Å². The van der Waals surface area contributed by atoms with Gasteiger partial charge in [-0.25, -0.2) is 0 Å². The Morgan fingerprint density at radius 2 is 1.29 bits per heavy atom. The summed E-state index contributed by atoms with van der Waals surface area (Å²) in [5.41, 5.74) is 0. The molecule has 0 bridgehead atoms. The van der Waals surface area contributed by atoms with Crippen molar-refractivity contribution < 1.29 is 9.47 Å². The van der Waals surface area contributed by atoms with Crippen molar-refractivity contribution in [1.29, 1.82) is 0 Å². The molecule has 74 valence electrons. The van der Waals surface area contributed by atoms with E-state index in [2.05, 4.69) is 0 Å². The molecule has 0 saturated heterocycles. The van der Waals surface area contributed by atoms with Crippen molar-refractivity contribution >= 4 is 0 Å². The first-order valence-corrected chi connectivity index (χ1v) is 4.53. The predicted octanol–water partition coefficient (Wildman–Crippen LogP) is 3.51. The molecule has 0 N–H and O–H groups in total. The van der Waals surface area contributed by atoms with Gasteiger partial charge in [-0.3, -0.25) is 0 Å². The van der Waals surface area contributed by atoms with E-state index in [9.17, 15) is 0 Å². The maximum atomic E-state index is 5.34. The fourth-order valence-corrected chi connectivity index (χ4v) is 0.928. The zero-order valence-electron chi connectivity index (χ0n) is 8.44. The number of allylic oxidation sites excluding steroid dienone is 2. The van der Waals surface area contributed by atoms with Gasteiger partial charge in [0.05, 0.1) is 12.5 Å². The summed E-state index contributed by atoms with van der Waals surface area (Å²) in [7, 11) is 0. The molecule has 1 aromatic carbocycles. The smallest absolute Gasteiger partial charge is 0.168 e. The van der Waals surface area contributed by atoms with Crippen LogP contribution in [-0.2, 0) is 0 Å². The number of rotatable bonds is 4. The predicted molar refractivity (Wildman–Crippen MR) is 57.3 cm³/mol. The lowest BCUT2D eigenvalue weighted by atomic mass is 10.3. The van der Waals surface area contributed by atoms with Crippen LogP contribution in [0.5, 0.6) is 11.5 Å². The molecule has 0 spiro atoms. The van der Waals surface area contributed by atoms with Gasteiger partial charge in [0.1, 0.15) is 0 Å². The van der Waals surface area contributed by atoms with Crippen LogP contribution < -0.4 is 9.47 Å². The average molecular weight is 190 g/mol. The van der Waals surface area contributed by atoms with Crippen LogP contribution in [0.4, 0.5) is 0 Å². The first kappa shape index (κ1) is 10.4. The number of para-hydroxylation sites is 2. The molecule has 0 aliphatic rings. The van der Waals surface area contributed by atoms with E-state index >= 15 is 0 Å². The van der Waals surface area contributed by atoms with Crippen LogP contribution in [0.25, 0.3) is 0 Å². The largest absolute Gasteiger partial charge is 0.461 e. The quantitative estimate of drug-likeness (QED) is 0.676. The molecule has 0 amide bonds. The van der Waals surface area contributed by atoms with Gasteiger partial charge in [0.15, 0.2) is 11.5 Å². The second kappa shape index (κ2) is 5.86. The molecule has 0 radical (unpaired) electrons. The lowest BCUT2D eigenvalue weighted by Crippen LogP contribution is -1.87. The second-order valence-corrected chi connectivity index (χ2v) is 2.62. The molecular weight excluding hydrogens is 176 g/mol. The molecule has 0 saturated carbocycles. The molecule has 1 rings (SSSR count). The second-order valence-electron chi connectivity index (χ2n) is 2.62. The highest BCUT2D eigenvalue weighted by Gasteiger charge is 2.00. The fraction of sp³-hybridized carbons (Fsp3) is 0.167. The summed E-state index contributed by atoms with van der Waals surface area (Å²) < 4.78 is 10.7. The van der Waals surface area contributed by atoms with E-state index in [1.165, 1.54) is 0 Å². The van der Waals surface area contributed by atoms with E-state index in [1.54, 1.807) is 12.5 Å². The Hall–Kier alpha value is -1.70. The normalized spacial score (nSPS) is 11.0. The topological polar surface area (TPSA) is 18.5 Å². The van der Waals surface area contributed by atoms with E-state index < -0.39 is 0 Å². The van der Waals surface area contributed by atoms with Crippen molar-refractivity contribution in [2.75, 3.05) is 0 Å². The zero-order valence-corrected chi connectivity index (χ0v) is 8.44. The highest BCUT2D eigenvalue weighted by molar-refractivity contribution is 5.40. The molecule has 0 atom stereocenters. The van der Waals surface area contributed by atoms with Crippen LogP contribution in [-0.4, -0.2) is 0 Å². The molecule has 0 aliphatic carbocycles. The van der Waals surface area contributed by atoms with Crippen molar-refractivity contribution in [1.82, 2.24) is 0 Å². The van der Waals surface area contributed by atoms with Crippen molar-refractivity contribution in [2.24, 2.45) is 0 Å². The molecule has 0 fully saturated rings.